The fourth-order valence-electron chi connectivity index (χ4n) is 2.20. The third-order valence-corrected chi connectivity index (χ3v) is 3.05. The van der Waals surface area contributed by atoms with Gasteiger partial charge in [-0.25, -0.2) is 9.79 Å². The van der Waals surface area contributed by atoms with Crippen molar-refractivity contribution >= 4 is 12.0 Å². The number of nitrogens with zero attached hydrogens (tertiary/aromatic N) is 2. The Balaban J connectivity index is 3.05. The quantitative estimate of drug-likeness (QED) is 0.686. The smallest absolute Gasteiger partial charge is 0.412 e. The summed E-state index contributed by atoms with van der Waals surface area (Å²) in [6.07, 6.45) is -0.591. The van der Waals surface area contributed by atoms with Gasteiger partial charge < -0.3 is 9.47 Å². The average Bonchev–Trinajstić information content (AvgIpc) is 2.24. The van der Waals surface area contributed by atoms with Gasteiger partial charge in [0.15, 0.2) is 5.90 Å². The molecule has 0 unspecified atom stereocenters. The third-order valence-electron chi connectivity index (χ3n) is 3.05. The number of aliphatic imine (C=N–C) groups is 1. The second kappa shape index (κ2) is 5.62. The topological polar surface area (TPSA) is 51.1 Å². The van der Waals surface area contributed by atoms with Crippen LogP contribution in [-0.4, -0.2) is 42.3 Å². The Labute approximate surface area is 122 Å². The molecule has 1 amide bonds. The molecule has 1 aliphatic heterocycles. The highest BCUT2D eigenvalue weighted by atomic mass is 16.6. The van der Waals surface area contributed by atoms with Gasteiger partial charge in [0, 0.05) is 17.9 Å². The van der Waals surface area contributed by atoms with Crippen LogP contribution in [0, 0.1) is 11.3 Å². The molecule has 0 aromatic heterocycles. The first-order chi connectivity index (χ1) is 8.95. The summed E-state index contributed by atoms with van der Waals surface area (Å²) >= 11 is 0. The van der Waals surface area contributed by atoms with Crippen LogP contribution in [0.5, 0.6) is 0 Å². The molecule has 0 N–H and O–H groups in total. The fraction of sp³-hybridized carbons (Fsp3) is 0.867. The molecule has 0 fully saturated rings. The Bertz CT molecular complexity index is 391. The van der Waals surface area contributed by atoms with Crippen molar-refractivity contribution in [2.45, 2.75) is 60.2 Å². The highest BCUT2D eigenvalue weighted by Crippen LogP contribution is 2.31. The number of rotatable bonds is 0. The normalized spacial score (nSPS) is 24.2. The first-order valence-corrected chi connectivity index (χ1v) is 7.07. The molecule has 5 heteroatoms. The van der Waals surface area contributed by atoms with E-state index in [2.05, 4.69) is 25.8 Å². The predicted octanol–water partition coefficient (Wildman–Crippen LogP) is 3.29. The van der Waals surface area contributed by atoms with Crippen LogP contribution in [0.2, 0.25) is 0 Å². The van der Waals surface area contributed by atoms with Gasteiger partial charge in [-0.05, 0) is 20.8 Å². The number of methoxy groups -OCH3 is 1. The summed E-state index contributed by atoms with van der Waals surface area (Å²) in [7, 11) is 1.62. The largest absolute Gasteiger partial charge is 0.484 e. The predicted molar refractivity (Wildman–Crippen MR) is 79.8 cm³/mol. The van der Waals surface area contributed by atoms with Crippen LogP contribution >= 0.6 is 0 Å². The number of carbonyl (C=O) groups excluding carboxylic acids is 1. The summed E-state index contributed by atoms with van der Waals surface area (Å²) < 4.78 is 10.8. The number of carbonyl (C=O) groups is 1. The third kappa shape index (κ3) is 4.12. The molecule has 116 valence electrons. The lowest BCUT2D eigenvalue weighted by Gasteiger charge is -2.42. The van der Waals surface area contributed by atoms with Crippen LogP contribution in [0.1, 0.15) is 48.5 Å². The lowest BCUT2D eigenvalue weighted by Crippen LogP contribution is -2.54. The maximum Gasteiger partial charge on any atom is 0.412 e. The lowest BCUT2D eigenvalue weighted by atomic mass is 9.89. The molecule has 0 spiro atoms. The highest BCUT2D eigenvalue weighted by molar-refractivity contribution is 5.81. The van der Waals surface area contributed by atoms with Crippen molar-refractivity contribution < 1.29 is 14.3 Å². The van der Waals surface area contributed by atoms with E-state index in [9.17, 15) is 4.79 Å². The second-order valence-electron chi connectivity index (χ2n) is 7.44. The number of hydrogen-bond donors (Lipinski definition) is 0. The van der Waals surface area contributed by atoms with Crippen molar-refractivity contribution in [3.8, 4) is 0 Å². The maximum atomic E-state index is 12.4. The first kappa shape index (κ1) is 16.8. The van der Waals surface area contributed by atoms with Gasteiger partial charge in [-0.1, -0.05) is 27.7 Å². The van der Waals surface area contributed by atoms with Gasteiger partial charge in [-0.2, -0.15) is 0 Å². The summed E-state index contributed by atoms with van der Waals surface area (Å²) in [4.78, 5) is 18.7. The second-order valence-corrected chi connectivity index (χ2v) is 7.44. The van der Waals surface area contributed by atoms with Gasteiger partial charge in [0.2, 0.25) is 0 Å². The SMILES string of the molecule is COC1=N[C@H](C(C)(C)C)N(C(=O)OC(C)(C)C)C[C@H]1C. The zero-order valence-corrected chi connectivity index (χ0v) is 14.0. The van der Waals surface area contributed by atoms with E-state index in [1.54, 1.807) is 12.0 Å². The van der Waals surface area contributed by atoms with E-state index in [1.165, 1.54) is 0 Å². The maximum absolute atomic E-state index is 12.4. The Hall–Kier alpha value is -1.26. The van der Waals surface area contributed by atoms with E-state index in [-0.39, 0.29) is 23.6 Å². The molecule has 20 heavy (non-hydrogen) atoms. The van der Waals surface area contributed by atoms with Gasteiger partial charge in [0.25, 0.3) is 0 Å². The van der Waals surface area contributed by atoms with Crippen molar-refractivity contribution in [1.29, 1.82) is 0 Å². The van der Waals surface area contributed by atoms with Gasteiger partial charge in [0.05, 0.1) is 7.11 Å². The van der Waals surface area contributed by atoms with Crippen molar-refractivity contribution in [1.82, 2.24) is 4.90 Å². The molecular weight excluding hydrogens is 256 g/mol. The van der Waals surface area contributed by atoms with Crippen molar-refractivity contribution in [3.05, 3.63) is 0 Å². The molecule has 1 heterocycles. The van der Waals surface area contributed by atoms with Gasteiger partial charge >= 0.3 is 6.09 Å². The van der Waals surface area contributed by atoms with Crippen LogP contribution in [0.4, 0.5) is 4.79 Å². The van der Waals surface area contributed by atoms with E-state index in [1.807, 2.05) is 27.7 Å². The summed E-state index contributed by atoms with van der Waals surface area (Å²) in [5, 5.41) is 0. The standard InChI is InChI=1S/C15H28N2O3/c1-10-9-17(13(18)20-15(5,6)7)12(14(2,3)4)16-11(10)19-8/h10,12H,9H2,1-8H3/t10-,12+/m1/s1. The molecule has 1 aliphatic rings. The van der Waals surface area contributed by atoms with E-state index in [0.29, 0.717) is 12.4 Å². The van der Waals surface area contributed by atoms with Gasteiger partial charge in [-0.15, -0.1) is 0 Å². The first-order valence-electron chi connectivity index (χ1n) is 7.07. The fourth-order valence-corrected chi connectivity index (χ4v) is 2.20. The van der Waals surface area contributed by atoms with Crippen molar-refractivity contribution in [2.75, 3.05) is 13.7 Å². The summed E-state index contributed by atoms with van der Waals surface area (Å²) in [5.41, 5.74) is -0.686. The number of amides is 1. The molecule has 0 saturated heterocycles. The molecule has 0 aliphatic carbocycles. The Morgan fingerprint density at radius 2 is 1.80 bits per heavy atom. The van der Waals surface area contributed by atoms with Gasteiger partial charge in [0.1, 0.15) is 11.8 Å². The van der Waals surface area contributed by atoms with E-state index >= 15 is 0 Å². The monoisotopic (exact) mass is 284 g/mol. The molecule has 0 saturated carbocycles. The Morgan fingerprint density at radius 1 is 1.25 bits per heavy atom. The minimum Gasteiger partial charge on any atom is -0.484 e. The molecule has 0 bridgehead atoms. The van der Waals surface area contributed by atoms with Crippen molar-refractivity contribution in [3.63, 3.8) is 0 Å². The summed E-state index contributed by atoms with van der Waals surface area (Å²) in [6, 6.07) is 0. The van der Waals surface area contributed by atoms with Crippen LogP contribution in [0.3, 0.4) is 0 Å². The van der Waals surface area contributed by atoms with E-state index in [0.717, 1.165) is 0 Å². The summed E-state index contributed by atoms with van der Waals surface area (Å²) in [5.74, 6) is 0.774. The molecule has 5 nitrogen and oxygen atoms in total. The Morgan fingerprint density at radius 3 is 2.20 bits per heavy atom. The highest BCUT2D eigenvalue weighted by Gasteiger charge is 2.40. The minimum absolute atomic E-state index is 0.0751. The Kier molecular flexibility index (Phi) is 4.72. The molecule has 0 aromatic carbocycles. The lowest BCUT2D eigenvalue weighted by molar-refractivity contribution is -0.00258. The molecule has 0 radical (unpaired) electrons. The molecule has 2 atom stereocenters. The van der Waals surface area contributed by atoms with Crippen LogP contribution in [0.15, 0.2) is 4.99 Å². The van der Waals surface area contributed by atoms with Gasteiger partial charge in [-0.3, -0.25) is 4.90 Å². The molecular formula is C15H28N2O3. The minimum atomic E-state index is -0.506. The number of ether oxygens (including phenoxy) is 2. The van der Waals surface area contributed by atoms with E-state index < -0.39 is 5.60 Å². The average molecular weight is 284 g/mol. The van der Waals surface area contributed by atoms with Crippen LogP contribution in [0.25, 0.3) is 0 Å². The summed E-state index contributed by atoms with van der Waals surface area (Å²) in [6.45, 7) is 14.3. The van der Waals surface area contributed by atoms with Crippen LogP contribution in [-0.2, 0) is 9.47 Å². The van der Waals surface area contributed by atoms with Crippen LogP contribution < -0.4 is 0 Å². The molecule has 0 aromatic rings. The number of hydrogen-bond acceptors (Lipinski definition) is 4. The van der Waals surface area contributed by atoms with E-state index in [4.69, 9.17) is 9.47 Å². The molecule has 1 rings (SSSR count). The van der Waals surface area contributed by atoms with Crippen molar-refractivity contribution in [2.24, 2.45) is 16.3 Å². The zero-order valence-electron chi connectivity index (χ0n) is 14.0. The zero-order chi connectivity index (χ0) is 15.7.